The van der Waals surface area contributed by atoms with E-state index in [1.807, 2.05) is 0 Å². The molecule has 0 aliphatic rings. The third-order valence-electron chi connectivity index (χ3n) is 4.48. The number of carbonyl (C=O) groups excluding carboxylic acids is 4. The summed E-state index contributed by atoms with van der Waals surface area (Å²) in [7, 11) is 1.48. The molecule has 192 valence electrons. The third kappa shape index (κ3) is 7.64. The van der Waals surface area contributed by atoms with Crippen LogP contribution in [0.5, 0.6) is 0 Å². The van der Waals surface area contributed by atoms with E-state index in [-0.39, 0.29) is 68.9 Å². The highest BCUT2D eigenvalue weighted by molar-refractivity contribution is 5.94. The number of ether oxygens (including phenoxy) is 5. The lowest BCUT2D eigenvalue weighted by molar-refractivity contribution is 0.0379. The van der Waals surface area contributed by atoms with E-state index in [9.17, 15) is 19.2 Å². The number of hydrogen-bond acceptors (Lipinski definition) is 11. The quantitative estimate of drug-likeness (QED) is 0.213. The van der Waals surface area contributed by atoms with Crippen molar-refractivity contribution in [2.75, 3.05) is 40.1 Å². The van der Waals surface area contributed by atoms with Crippen molar-refractivity contribution in [1.82, 2.24) is 19.6 Å². The SMILES string of the molecule is CCOC(=O)c1cc(C(=O)OCC)n(CCCn2nc(C(=O)OCCOC)cc2C(=O)OCC)n1. The van der Waals surface area contributed by atoms with Gasteiger partial charge in [0.25, 0.3) is 0 Å². The number of esters is 4. The highest BCUT2D eigenvalue weighted by Crippen LogP contribution is 2.12. The van der Waals surface area contributed by atoms with Crippen LogP contribution in [0.2, 0.25) is 0 Å². The lowest BCUT2D eigenvalue weighted by Crippen LogP contribution is -2.17. The summed E-state index contributed by atoms with van der Waals surface area (Å²) >= 11 is 0. The number of hydrogen-bond donors (Lipinski definition) is 0. The van der Waals surface area contributed by atoms with Crippen molar-refractivity contribution in [3.63, 3.8) is 0 Å². The molecule has 2 aromatic rings. The van der Waals surface area contributed by atoms with Crippen LogP contribution < -0.4 is 0 Å². The first-order valence-electron chi connectivity index (χ1n) is 11.2. The lowest BCUT2D eigenvalue weighted by Gasteiger charge is -2.09. The second-order valence-corrected chi connectivity index (χ2v) is 6.92. The van der Waals surface area contributed by atoms with Crippen molar-refractivity contribution < 1.29 is 42.9 Å². The van der Waals surface area contributed by atoms with Gasteiger partial charge in [0.2, 0.25) is 0 Å². The number of nitrogens with zero attached hydrogens (tertiary/aromatic N) is 4. The van der Waals surface area contributed by atoms with Gasteiger partial charge in [0.15, 0.2) is 11.4 Å². The predicted molar refractivity (Wildman–Crippen MR) is 119 cm³/mol. The zero-order valence-corrected chi connectivity index (χ0v) is 20.3. The monoisotopic (exact) mass is 494 g/mol. The Labute approximate surface area is 202 Å². The number of aromatic nitrogens is 4. The molecule has 13 heteroatoms. The largest absolute Gasteiger partial charge is 0.461 e. The number of carbonyl (C=O) groups is 4. The highest BCUT2D eigenvalue weighted by Gasteiger charge is 2.23. The van der Waals surface area contributed by atoms with Crippen LogP contribution >= 0.6 is 0 Å². The van der Waals surface area contributed by atoms with Gasteiger partial charge in [-0.3, -0.25) is 9.36 Å². The Morgan fingerprint density at radius 2 is 1.11 bits per heavy atom. The van der Waals surface area contributed by atoms with Gasteiger partial charge in [0.1, 0.15) is 18.0 Å². The van der Waals surface area contributed by atoms with Crippen LogP contribution in [0.15, 0.2) is 12.1 Å². The second-order valence-electron chi connectivity index (χ2n) is 6.92. The zero-order chi connectivity index (χ0) is 25.8. The fourth-order valence-electron chi connectivity index (χ4n) is 2.98. The molecule has 0 saturated heterocycles. The molecular weight excluding hydrogens is 464 g/mol. The first-order valence-corrected chi connectivity index (χ1v) is 11.2. The summed E-state index contributed by atoms with van der Waals surface area (Å²) < 4.78 is 27.6. The average molecular weight is 495 g/mol. The Morgan fingerprint density at radius 1 is 0.686 bits per heavy atom. The van der Waals surface area contributed by atoms with Crippen LogP contribution in [0.4, 0.5) is 0 Å². The first kappa shape index (κ1) is 27.5. The first-order chi connectivity index (χ1) is 16.9. The van der Waals surface area contributed by atoms with E-state index in [1.54, 1.807) is 20.8 Å². The van der Waals surface area contributed by atoms with E-state index in [1.165, 1.54) is 28.6 Å². The molecule has 0 N–H and O–H groups in total. The van der Waals surface area contributed by atoms with Crippen molar-refractivity contribution in [2.24, 2.45) is 0 Å². The molecule has 0 aliphatic heterocycles. The van der Waals surface area contributed by atoms with Gasteiger partial charge in [-0.15, -0.1) is 0 Å². The van der Waals surface area contributed by atoms with Gasteiger partial charge in [-0.1, -0.05) is 0 Å². The zero-order valence-electron chi connectivity index (χ0n) is 20.3. The Bertz CT molecular complexity index is 1030. The van der Waals surface area contributed by atoms with Crippen LogP contribution in [-0.2, 0) is 36.8 Å². The third-order valence-corrected chi connectivity index (χ3v) is 4.48. The minimum atomic E-state index is -0.706. The van der Waals surface area contributed by atoms with Gasteiger partial charge in [-0.05, 0) is 27.2 Å². The Balaban J connectivity index is 2.20. The second kappa shape index (κ2) is 13.8. The van der Waals surface area contributed by atoms with E-state index in [0.717, 1.165) is 0 Å². The minimum Gasteiger partial charge on any atom is -0.461 e. The molecule has 0 aromatic carbocycles. The average Bonchev–Trinajstić information content (AvgIpc) is 3.45. The fourth-order valence-corrected chi connectivity index (χ4v) is 2.98. The predicted octanol–water partition coefficient (Wildman–Crippen LogP) is 1.50. The van der Waals surface area contributed by atoms with E-state index in [4.69, 9.17) is 23.7 Å². The summed E-state index contributed by atoms with van der Waals surface area (Å²) in [6, 6.07) is 2.60. The molecule has 13 nitrogen and oxygen atoms in total. The standard InChI is InChI=1S/C22H30N4O9/c1-5-32-19(27)15-13-17(21(29)33-6-2)25(23-15)9-8-10-26-18(22(30)34-7-3)14-16(24-26)20(28)35-12-11-31-4/h13-14H,5-12H2,1-4H3. The maximum atomic E-state index is 12.4. The van der Waals surface area contributed by atoms with E-state index in [0.29, 0.717) is 6.42 Å². The topological polar surface area (TPSA) is 150 Å². The Hall–Kier alpha value is -3.74. The molecule has 0 bridgehead atoms. The molecule has 0 atom stereocenters. The molecule has 0 amide bonds. The van der Waals surface area contributed by atoms with Gasteiger partial charge >= 0.3 is 23.9 Å². The number of rotatable bonds is 14. The van der Waals surface area contributed by atoms with E-state index >= 15 is 0 Å². The summed E-state index contributed by atoms with van der Waals surface area (Å²) in [4.78, 5) is 49.0. The smallest absolute Gasteiger partial charge is 0.358 e. The number of methoxy groups -OCH3 is 1. The molecule has 0 fully saturated rings. The van der Waals surface area contributed by atoms with Crippen LogP contribution in [0, 0.1) is 0 Å². The maximum absolute atomic E-state index is 12.4. The van der Waals surface area contributed by atoms with Gasteiger partial charge < -0.3 is 23.7 Å². The van der Waals surface area contributed by atoms with Crippen molar-refractivity contribution in [2.45, 2.75) is 40.3 Å². The molecule has 0 saturated carbocycles. The maximum Gasteiger partial charge on any atom is 0.358 e. The van der Waals surface area contributed by atoms with Crippen LogP contribution in [0.3, 0.4) is 0 Å². The Kier molecular flexibility index (Phi) is 10.9. The van der Waals surface area contributed by atoms with Gasteiger partial charge in [-0.2, -0.15) is 10.2 Å². The van der Waals surface area contributed by atoms with E-state index in [2.05, 4.69) is 10.2 Å². The summed E-state index contributed by atoms with van der Waals surface area (Å²) in [5, 5.41) is 8.33. The summed E-state index contributed by atoms with van der Waals surface area (Å²) in [6.45, 7) is 6.06. The molecule has 35 heavy (non-hydrogen) atoms. The van der Waals surface area contributed by atoms with Gasteiger partial charge in [0.05, 0.1) is 26.4 Å². The van der Waals surface area contributed by atoms with Gasteiger partial charge in [-0.25, -0.2) is 19.2 Å². The van der Waals surface area contributed by atoms with Crippen molar-refractivity contribution in [3.8, 4) is 0 Å². The van der Waals surface area contributed by atoms with Crippen LogP contribution in [0.1, 0.15) is 69.1 Å². The molecular formula is C22H30N4O9. The molecule has 2 rings (SSSR count). The number of aryl methyl sites for hydroxylation is 2. The summed E-state index contributed by atoms with van der Waals surface area (Å²) in [6.07, 6.45) is 0.336. The minimum absolute atomic E-state index is 0.0257. The van der Waals surface area contributed by atoms with Crippen LogP contribution in [0.25, 0.3) is 0 Å². The van der Waals surface area contributed by atoms with Crippen molar-refractivity contribution in [1.29, 1.82) is 0 Å². The molecule has 2 aromatic heterocycles. The Morgan fingerprint density at radius 3 is 1.54 bits per heavy atom. The molecule has 2 heterocycles. The molecule has 0 spiro atoms. The molecule has 0 radical (unpaired) electrons. The van der Waals surface area contributed by atoms with Gasteiger partial charge in [0, 0.05) is 32.3 Å². The van der Waals surface area contributed by atoms with E-state index < -0.39 is 23.9 Å². The lowest BCUT2D eigenvalue weighted by atomic mass is 10.3. The van der Waals surface area contributed by atoms with Crippen LogP contribution in [-0.4, -0.2) is 83.6 Å². The summed E-state index contributed by atoms with van der Waals surface area (Å²) in [5.41, 5.74) is 0.0783. The summed E-state index contributed by atoms with van der Waals surface area (Å²) in [5.74, 6) is -2.65. The fraction of sp³-hybridized carbons (Fsp3) is 0.545. The van der Waals surface area contributed by atoms with Crippen molar-refractivity contribution in [3.05, 3.63) is 34.9 Å². The molecule has 0 unspecified atom stereocenters. The normalized spacial score (nSPS) is 10.6. The highest BCUT2D eigenvalue weighted by atomic mass is 16.6. The molecule has 0 aliphatic carbocycles. The van der Waals surface area contributed by atoms with Crippen molar-refractivity contribution >= 4 is 23.9 Å².